The van der Waals surface area contributed by atoms with E-state index in [-0.39, 0.29) is 5.91 Å². The Labute approximate surface area is 182 Å². The number of amides is 1. The molecule has 154 valence electrons. The van der Waals surface area contributed by atoms with Crippen molar-refractivity contribution in [3.8, 4) is 17.2 Å². The van der Waals surface area contributed by atoms with Crippen LogP contribution < -0.4 is 19.5 Å². The van der Waals surface area contributed by atoms with Gasteiger partial charge in [-0.1, -0.05) is 17.7 Å². The van der Waals surface area contributed by atoms with Gasteiger partial charge in [0.2, 0.25) is 0 Å². The van der Waals surface area contributed by atoms with Crippen molar-refractivity contribution in [1.29, 1.82) is 0 Å². The van der Waals surface area contributed by atoms with Crippen LogP contribution in [0.5, 0.6) is 17.2 Å². The van der Waals surface area contributed by atoms with Crippen molar-refractivity contribution in [2.45, 2.75) is 0 Å². The fraction of sp³-hybridized carbons (Fsp3) is 0.0909. The fourth-order valence-electron chi connectivity index (χ4n) is 2.56. The molecule has 0 bridgehead atoms. The monoisotopic (exact) mass is 443 g/mol. The number of anilines is 1. The number of ether oxygens (including phenoxy) is 3. The Kier molecular flexibility index (Phi) is 7.11. The Hall–Kier alpha value is -3.29. The van der Waals surface area contributed by atoms with Crippen LogP contribution >= 0.6 is 22.9 Å². The average Bonchev–Trinajstić information content (AvgIpc) is 3.28. The molecule has 0 aliphatic carbocycles. The highest BCUT2D eigenvalue weighted by Crippen LogP contribution is 2.36. The Bertz CT molecular complexity index is 1060. The Morgan fingerprint density at radius 3 is 2.47 bits per heavy atom. The van der Waals surface area contributed by atoms with Crippen molar-refractivity contribution < 1.29 is 23.8 Å². The predicted octanol–water partition coefficient (Wildman–Crippen LogP) is 5.29. The summed E-state index contributed by atoms with van der Waals surface area (Å²) in [5.41, 5.74) is 1.25. The summed E-state index contributed by atoms with van der Waals surface area (Å²) < 4.78 is 15.7. The van der Waals surface area contributed by atoms with Gasteiger partial charge in [-0.05, 0) is 59.5 Å². The van der Waals surface area contributed by atoms with Gasteiger partial charge in [-0.3, -0.25) is 4.79 Å². The van der Waals surface area contributed by atoms with Crippen molar-refractivity contribution in [3.63, 3.8) is 0 Å². The number of thiophene rings is 1. The number of nitrogens with one attached hydrogen (secondary N) is 1. The summed E-state index contributed by atoms with van der Waals surface area (Å²) in [7, 11) is 3.00. The van der Waals surface area contributed by atoms with E-state index in [4.69, 9.17) is 25.8 Å². The minimum Gasteiger partial charge on any atom is -0.493 e. The third-order valence-electron chi connectivity index (χ3n) is 3.94. The smallest absolute Gasteiger partial charge is 0.336 e. The van der Waals surface area contributed by atoms with Crippen LogP contribution in [0.1, 0.15) is 15.2 Å². The Balaban J connectivity index is 1.61. The van der Waals surface area contributed by atoms with E-state index >= 15 is 0 Å². The lowest BCUT2D eigenvalue weighted by Gasteiger charge is -2.10. The lowest BCUT2D eigenvalue weighted by Crippen LogP contribution is -2.10. The summed E-state index contributed by atoms with van der Waals surface area (Å²) >= 11 is 7.52. The number of methoxy groups -OCH3 is 2. The summed E-state index contributed by atoms with van der Waals surface area (Å²) in [5.74, 6) is 0.481. The molecule has 6 nitrogen and oxygen atoms in total. The zero-order valence-corrected chi connectivity index (χ0v) is 17.8. The molecular weight excluding hydrogens is 426 g/mol. The molecule has 0 atom stereocenters. The first-order valence-electron chi connectivity index (χ1n) is 8.76. The third-order valence-corrected chi connectivity index (χ3v) is 5.09. The van der Waals surface area contributed by atoms with Gasteiger partial charge in [-0.2, -0.15) is 0 Å². The van der Waals surface area contributed by atoms with Gasteiger partial charge in [0, 0.05) is 11.8 Å². The van der Waals surface area contributed by atoms with E-state index in [2.05, 4.69) is 5.32 Å². The lowest BCUT2D eigenvalue weighted by molar-refractivity contribution is -0.128. The molecule has 30 heavy (non-hydrogen) atoms. The molecule has 1 heterocycles. The number of hydrogen-bond acceptors (Lipinski definition) is 6. The number of benzene rings is 2. The zero-order chi connectivity index (χ0) is 21.5. The number of halogens is 1. The minimum atomic E-state index is -0.559. The molecule has 1 N–H and O–H groups in total. The molecule has 3 aromatic rings. The molecule has 1 amide bonds. The van der Waals surface area contributed by atoms with Crippen LogP contribution in [0, 0.1) is 0 Å². The summed E-state index contributed by atoms with van der Waals surface area (Å²) in [4.78, 5) is 24.8. The molecule has 0 fully saturated rings. The van der Waals surface area contributed by atoms with Crippen LogP contribution in [0.3, 0.4) is 0 Å². The molecule has 2 aromatic carbocycles. The maximum Gasteiger partial charge on any atom is 0.336 e. The van der Waals surface area contributed by atoms with Crippen LogP contribution in [0.25, 0.3) is 6.08 Å². The first-order valence-corrected chi connectivity index (χ1v) is 10.0. The molecular formula is C22H18ClNO5S. The van der Waals surface area contributed by atoms with E-state index in [1.54, 1.807) is 48.5 Å². The van der Waals surface area contributed by atoms with Crippen molar-refractivity contribution in [3.05, 3.63) is 75.5 Å². The first kappa shape index (κ1) is 21.4. The van der Waals surface area contributed by atoms with E-state index in [0.29, 0.717) is 38.4 Å². The van der Waals surface area contributed by atoms with E-state index in [0.717, 1.165) is 0 Å². The predicted molar refractivity (Wildman–Crippen MR) is 118 cm³/mol. The summed E-state index contributed by atoms with van der Waals surface area (Å²) in [6.45, 7) is 0. The highest BCUT2D eigenvalue weighted by Gasteiger charge is 2.10. The standard InChI is InChI=1S/C22H18ClNO5S/c1-27-18-13-14(12-17(23)21(18)28-2)5-10-20(25)29-16-8-6-15(7-9-16)24-22(26)19-4-3-11-30-19/h3-13H,1-2H3,(H,24,26)/b10-5+. The Morgan fingerprint density at radius 1 is 1.07 bits per heavy atom. The van der Waals surface area contributed by atoms with Crippen molar-refractivity contribution in [2.24, 2.45) is 0 Å². The van der Waals surface area contributed by atoms with Gasteiger partial charge >= 0.3 is 5.97 Å². The first-order chi connectivity index (χ1) is 14.5. The van der Waals surface area contributed by atoms with E-state index in [1.165, 1.54) is 31.6 Å². The van der Waals surface area contributed by atoms with Gasteiger partial charge in [-0.15, -0.1) is 11.3 Å². The number of carbonyl (C=O) groups excluding carboxylic acids is 2. The summed E-state index contributed by atoms with van der Waals surface area (Å²) in [6.07, 6.45) is 2.84. The van der Waals surface area contributed by atoms with E-state index in [1.807, 2.05) is 11.4 Å². The quantitative estimate of drug-likeness (QED) is 0.305. The molecule has 0 aliphatic rings. The molecule has 0 spiro atoms. The van der Waals surface area contributed by atoms with Crippen LogP contribution in [0.15, 0.2) is 60.0 Å². The summed E-state index contributed by atoms with van der Waals surface area (Å²) in [5, 5.41) is 4.98. The van der Waals surface area contributed by atoms with Crippen LogP contribution in [0.4, 0.5) is 5.69 Å². The second-order valence-electron chi connectivity index (χ2n) is 5.95. The van der Waals surface area contributed by atoms with Gasteiger partial charge in [-0.25, -0.2) is 4.79 Å². The van der Waals surface area contributed by atoms with Crippen molar-refractivity contribution in [1.82, 2.24) is 0 Å². The van der Waals surface area contributed by atoms with Gasteiger partial charge in [0.05, 0.1) is 24.1 Å². The molecule has 0 saturated carbocycles. The number of carbonyl (C=O) groups is 2. The molecule has 0 unspecified atom stereocenters. The zero-order valence-electron chi connectivity index (χ0n) is 16.2. The minimum absolute atomic E-state index is 0.189. The van der Waals surface area contributed by atoms with E-state index < -0.39 is 5.97 Å². The topological polar surface area (TPSA) is 73.9 Å². The maximum absolute atomic E-state index is 12.1. The van der Waals surface area contributed by atoms with Crippen molar-refractivity contribution >= 4 is 46.6 Å². The molecule has 1 aromatic heterocycles. The van der Waals surface area contributed by atoms with Gasteiger partial charge in [0.25, 0.3) is 5.91 Å². The fourth-order valence-corrected chi connectivity index (χ4v) is 3.47. The molecule has 8 heteroatoms. The molecule has 0 saturated heterocycles. The second-order valence-corrected chi connectivity index (χ2v) is 7.30. The van der Waals surface area contributed by atoms with Crippen LogP contribution in [-0.2, 0) is 4.79 Å². The Morgan fingerprint density at radius 2 is 1.83 bits per heavy atom. The number of esters is 1. The second kappa shape index (κ2) is 9.96. The van der Waals surface area contributed by atoms with Gasteiger partial charge in [0.1, 0.15) is 5.75 Å². The molecule has 0 radical (unpaired) electrons. The highest BCUT2D eigenvalue weighted by molar-refractivity contribution is 7.12. The summed E-state index contributed by atoms with van der Waals surface area (Å²) in [6, 6.07) is 13.4. The maximum atomic E-state index is 12.1. The normalized spacial score (nSPS) is 10.6. The van der Waals surface area contributed by atoms with Gasteiger partial charge in [0.15, 0.2) is 11.5 Å². The highest BCUT2D eigenvalue weighted by atomic mass is 35.5. The van der Waals surface area contributed by atoms with Gasteiger partial charge < -0.3 is 19.5 Å². The SMILES string of the molecule is COc1cc(/C=C/C(=O)Oc2ccc(NC(=O)c3cccs3)cc2)cc(Cl)c1OC. The largest absolute Gasteiger partial charge is 0.493 e. The van der Waals surface area contributed by atoms with Crippen molar-refractivity contribution in [2.75, 3.05) is 19.5 Å². The molecule has 3 rings (SSSR count). The number of rotatable bonds is 7. The van der Waals surface area contributed by atoms with Crippen LogP contribution in [0.2, 0.25) is 5.02 Å². The van der Waals surface area contributed by atoms with E-state index in [9.17, 15) is 9.59 Å². The lowest BCUT2D eigenvalue weighted by atomic mass is 10.2. The number of hydrogen-bond donors (Lipinski definition) is 1. The average molecular weight is 444 g/mol. The van der Waals surface area contributed by atoms with Crippen LogP contribution in [-0.4, -0.2) is 26.1 Å². The third kappa shape index (κ3) is 5.40. The molecule has 0 aliphatic heterocycles.